The van der Waals surface area contributed by atoms with Crippen LogP contribution in [-0.4, -0.2) is 73.5 Å². The van der Waals surface area contributed by atoms with E-state index in [0.29, 0.717) is 38.4 Å². The van der Waals surface area contributed by atoms with Crippen LogP contribution in [0.15, 0.2) is 9.42 Å². The Bertz CT molecular complexity index is 819. The van der Waals surface area contributed by atoms with E-state index >= 15 is 0 Å². The number of piperazine rings is 1. The third-order valence-electron chi connectivity index (χ3n) is 5.50. The van der Waals surface area contributed by atoms with Crippen molar-refractivity contribution in [2.75, 3.05) is 32.7 Å². The lowest BCUT2D eigenvalue weighted by atomic mass is 10.2. The molecule has 0 unspecified atom stereocenters. The van der Waals surface area contributed by atoms with Crippen LogP contribution in [0.2, 0.25) is 0 Å². The van der Waals surface area contributed by atoms with Gasteiger partial charge in [0.1, 0.15) is 10.6 Å². The van der Waals surface area contributed by atoms with Gasteiger partial charge in [0.25, 0.3) is 0 Å². The van der Waals surface area contributed by atoms with Gasteiger partial charge in [0, 0.05) is 45.2 Å². The predicted octanol–water partition coefficient (Wildman–Crippen LogP) is 0.756. The molecule has 1 saturated heterocycles. The number of nitrogens with zero attached hydrogens (tertiary/aromatic N) is 3. The number of hydrogen-bond donors (Lipinski definition) is 2. The molecule has 1 saturated carbocycles. The van der Waals surface area contributed by atoms with Crippen molar-refractivity contribution in [2.45, 2.75) is 56.9 Å². The van der Waals surface area contributed by atoms with Crippen LogP contribution in [0.5, 0.6) is 0 Å². The van der Waals surface area contributed by atoms with Crippen molar-refractivity contribution in [3.05, 3.63) is 11.5 Å². The van der Waals surface area contributed by atoms with E-state index in [-0.39, 0.29) is 29.0 Å². The van der Waals surface area contributed by atoms with Gasteiger partial charge < -0.3 is 14.7 Å². The van der Waals surface area contributed by atoms with E-state index in [0.717, 1.165) is 25.7 Å². The highest BCUT2D eigenvalue weighted by Gasteiger charge is 2.33. The monoisotopic (exact) mass is 427 g/mol. The molecule has 1 aliphatic heterocycles. The average Bonchev–Trinajstić information content (AvgIpc) is 3.29. The second-order valence-electron chi connectivity index (χ2n) is 7.65. The number of imide groups is 1. The van der Waals surface area contributed by atoms with E-state index in [4.69, 9.17) is 4.52 Å². The van der Waals surface area contributed by atoms with Crippen molar-refractivity contribution in [1.82, 2.24) is 25.0 Å². The highest BCUT2D eigenvalue weighted by atomic mass is 32.2. The van der Waals surface area contributed by atoms with E-state index < -0.39 is 16.1 Å². The van der Waals surface area contributed by atoms with Gasteiger partial charge in [-0.1, -0.05) is 18.0 Å². The van der Waals surface area contributed by atoms with Crippen molar-refractivity contribution in [2.24, 2.45) is 0 Å². The normalized spacial score (nSPS) is 19.4. The molecule has 2 fully saturated rings. The maximum Gasteiger partial charge on any atom is 0.321 e. The van der Waals surface area contributed by atoms with Crippen molar-refractivity contribution in [3.8, 4) is 0 Å². The summed E-state index contributed by atoms with van der Waals surface area (Å²) in [5.74, 6) is -0.0382. The first kappa shape index (κ1) is 21.7. The van der Waals surface area contributed by atoms with Crippen LogP contribution in [0.25, 0.3) is 0 Å². The topological polar surface area (TPSA) is 125 Å². The molecule has 10 nitrogen and oxygen atoms in total. The summed E-state index contributed by atoms with van der Waals surface area (Å²) in [5, 5.41) is 8.92. The summed E-state index contributed by atoms with van der Waals surface area (Å²) in [7, 11) is -3.64. The SMILES string of the molecule is Cc1noc(C)c1S(=O)(=O)N1CCN(CCC(=O)NC(=O)NC2CCCC2)CC1. The summed E-state index contributed by atoms with van der Waals surface area (Å²) in [6, 6.07) is -0.271. The fourth-order valence-corrected chi connectivity index (χ4v) is 5.62. The number of aromatic nitrogens is 1. The smallest absolute Gasteiger partial charge is 0.321 e. The van der Waals surface area contributed by atoms with Gasteiger partial charge >= 0.3 is 6.03 Å². The summed E-state index contributed by atoms with van der Waals surface area (Å²) < 4.78 is 32.1. The average molecular weight is 428 g/mol. The van der Waals surface area contributed by atoms with Gasteiger partial charge in [-0.05, 0) is 26.7 Å². The summed E-state index contributed by atoms with van der Waals surface area (Å²) in [6.45, 7) is 5.37. The molecule has 0 spiro atoms. The van der Waals surface area contributed by atoms with Crippen LogP contribution >= 0.6 is 0 Å². The third-order valence-corrected chi connectivity index (χ3v) is 7.64. The molecule has 2 heterocycles. The van der Waals surface area contributed by atoms with E-state index in [1.54, 1.807) is 13.8 Å². The Morgan fingerprint density at radius 3 is 2.38 bits per heavy atom. The minimum absolute atomic E-state index is 0.138. The molecule has 0 radical (unpaired) electrons. The summed E-state index contributed by atoms with van der Waals surface area (Å²) >= 11 is 0. The van der Waals surface area contributed by atoms with Crippen molar-refractivity contribution in [1.29, 1.82) is 0 Å². The Balaban J connectivity index is 1.41. The van der Waals surface area contributed by atoms with Crippen LogP contribution in [0.1, 0.15) is 43.6 Å². The van der Waals surface area contributed by atoms with Gasteiger partial charge in [0.15, 0.2) is 5.76 Å². The first-order valence-corrected chi connectivity index (χ1v) is 11.5. The van der Waals surface area contributed by atoms with Gasteiger partial charge in [-0.15, -0.1) is 0 Å². The highest BCUT2D eigenvalue weighted by molar-refractivity contribution is 7.89. The van der Waals surface area contributed by atoms with E-state index in [1.807, 2.05) is 4.90 Å². The van der Waals surface area contributed by atoms with Crippen LogP contribution < -0.4 is 10.6 Å². The fourth-order valence-electron chi connectivity index (χ4n) is 3.91. The summed E-state index contributed by atoms with van der Waals surface area (Å²) in [5.41, 5.74) is 0.359. The van der Waals surface area contributed by atoms with Gasteiger partial charge in [-0.2, -0.15) is 4.31 Å². The Hall–Kier alpha value is -1.98. The molecule has 3 amide bonds. The van der Waals surface area contributed by atoms with Gasteiger partial charge in [0.05, 0.1) is 0 Å². The molecule has 2 aliphatic rings. The maximum absolute atomic E-state index is 12.8. The molecule has 2 N–H and O–H groups in total. The molecule has 11 heteroatoms. The number of urea groups is 1. The largest absolute Gasteiger partial charge is 0.360 e. The molecule has 1 aromatic heterocycles. The van der Waals surface area contributed by atoms with Gasteiger partial charge in [-0.3, -0.25) is 10.1 Å². The Kier molecular flexibility index (Phi) is 6.91. The van der Waals surface area contributed by atoms with Gasteiger partial charge in [-0.25, -0.2) is 13.2 Å². The third kappa shape index (κ3) is 5.34. The molecule has 0 atom stereocenters. The van der Waals surface area contributed by atoms with Crippen molar-refractivity contribution >= 4 is 22.0 Å². The van der Waals surface area contributed by atoms with Gasteiger partial charge in [0.2, 0.25) is 15.9 Å². The number of nitrogens with one attached hydrogen (secondary N) is 2. The number of rotatable bonds is 6. The molecule has 0 aromatic carbocycles. The summed E-state index contributed by atoms with van der Waals surface area (Å²) in [4.78, 5) is 26.0. The number of hydrogen-bond acceptors (Lipinski definition) is 7. The number of carbonyl (C=O) groups excluding carboxylic acids is 2. The lowest BCUT2D eigenvalue weighted by Gasteiger charge is -2.33. The second-order valence-corrected chi connectivity index (χ2v) is 9.53. The van der Waals surface area contributed by atoms with E-state index in [1.165, 1.54) is 4.31 Å². The van der Waals surface area contributed by atoms with Crippen LogP contribution in [0.4, 0.5) is 4.79 Å². The number of carbonyl (C=O) groups is 2. The molecular formula is C18H29N5O5S. The molecule has 1 aliphatic carbocycles. The first-order valence-electron chi connectivity index (χ1n) is 10.0. The predicted molar refractivity (Wildman–Crippen MR) is 105 cm³/mol. The lowest BCUT2D eigenvalue weighted by molar-refractivity contribution is -0.120. The Morgan fingerprint density at radius 2 is 1.79 bits per heavy atom. The standard InChI is InChI=1S/C18H29N5O5S/c1-13-17(14(2)28-21-13)29(26,27)23-11-9-22(10-12-23)8-7-16(24)20-18(25)19-15-5-3-4-6-15/h15H,3-12H2,1-2H3,(H2,19,20,24,25). The summed E-state index contributed by atoms with van der Waals surface area (Å²) in [6.07, 6.45) is 4.33. The molecule has 162 valence electrons. The zero-order chi connectivity index (χ0) is 21.0. The quantitative estimate of drug-likeness (QED) is 0.686. The maximum atomic E-state index is 12.8. The molecular weight excluding hydrogens is 398 g/mol. The second kappa shape index (κ2) is 9.23. The van der Waals surface area contributed by atoms with Crippen LogP contribution in [0, 0.1) is 13.8 Å². The zero-order valence-corrected chi connectivity index (χ0v) is 17.8. The number of amides is 3. The zero-order valence-electron chi connectivity index (χ0n) is 16.9. The fraction of sp³-hybridized carbons (Fsp3) is 0.722. The van der Waals surface area contributed by atoms with E-state index in [2.05, 4.69) is 15.8 Å². The first-order chi connectivity index (χ1) is 13.8. The molecule has 29 heavy (non-hydrogen) atoms. The van der Waals surface area contributed by atoms with Crippen molar-refractivity contribution in [3.63, 3.8) is 0 Å². The minimum Gasteiger partial charge on any atom is -0.360 e. The number of sulfonamides is 1. The minimum atomic E-state index is -3.64. The molecule has 3 rings (SSSR count). The van der Waals surface area contributed by atoms with Crippen LogP contribution in [-0.2, 0) is 14.8 Å². The highest BCUT2D eigenvalue weighted by Crippen LogP contribution is 2.24. The Labute approximate surface area is 171 Å². The molecule has 1 aromatic rings. The molecule has 0 bridgehead atoms. The van der Waals surface area contributed by atoms with Crippen molar-refractivity contribution < 1.29 is 22.5 Å². The van der Waals surface area contributed by atoms with E-state index in [9.17, 15) is 18.0 Å². The lowest BCUT2D eigenvalue weighted by Crippen LogP contribution is -2.49. The van der Waals surface area contributed by atoms with Crippen LogP contribution in [0.3, 0.4) is 0 Å². The Morgan fingerprint density at radius 1 is 1.14 bits per heavy atom. The number of aryl methyl sites for hydroxylation is 2.